The van der Waals surface area contributed by atoms with Gasteiger partial charge in [-0.15, -0.1) is 0 Å². The summed E-state index contributed by atoms with van der Waals surface area (Å²) in [4.78, 5) is 16.4. The molecule has 3 rings (SSSR count). The predicted octanol–water partition coefficient (Wildman–Crippen LogP) is 2.81. The summed E-state index contributed by atoms with van der Waals surface area (Å²) in [7, 11) is 0. The molecule has 0 fully saturated rings. The minimum atomic E-state index is 0.0764. The SMILES string of the molecule is CC(C)CC(=O)N[C@@H]1CCCc2c1cnn2-c1ccccn1. The molecule has 5 nitrogen and oxygen atoms in total. The van der Waals surface area contributed by atoms with Gasteiger partial charge in [0, 0.05) is 18.2 Å². The maximum absolute atomic E-state index is 12.1. The molecule has 1 N–H and O–H groups in total. The molecule has 22 heavy (non-hydrogen) atoms. The number of hydrogen-bond acceptors (Lipinski definition) is 3. The Morgan fingerprint density at radius 2 is 2.32 bits per heavy atom. The van der Waals surface area contributed by atoms with Crippen molar-refractivity contribution in [2.45, 2.75) is 45.6 Å². The van der Waals surface area contributed by atoms with Crippen LogP contribution in [0.15, 0.2) is 30.6 Å². The quantitative estimate of drug-likeness (QED) is 0.944. The third-order valence-corrected chi connectivity index (χ3v) is 3.98. The van der Waals surface area contributed by atoms with E-state index in [4.69, 9.17) is 0 Å². The molecule has 1 atom stereocenters. The summed E-state index contributed by atoms with van der Waals surface area (Å²) in [6.07, 6.45) is 7.23. The fourth-order valence-electron chi connectivity index (χ4n) is 3.01. The Morgan fingerprint density at radius 3 is 3.05 bits per heavy atom. The van der Waals surface area contributed by atoms with E-state index in [1.807, 2.05) is 29.1 Å². The Balaban J connectivity index is 1.83. The van der Waals surface area contributed by atoms with Crippen molar-refractivity contribution < 1.29 is 4.79 Å². The van der Waals surface area contributed by atoms with E-state index in [1.165, 1.54) is 5.69 Å². The Morgan fingerprint density at radius 1 is 1.45 bits per heavy atom. The first-order chi connectivity index (χ1) is 10.6. The first-order valence-electron chi connectivity index (χ1n) is 7.92. The average molecular weight is 298 g/mol. The van der Waals surface area contributed by atoms with Crippen LogP contribution in [0.5, 0.6) is 0 Å². The van der Waals surface area contributed by atoms with Crippen molar-refractivity contribution in [3.8, 4) is 5.82 Å². The van der Waals surface area contributed by atoms with Gasteiger partial charge in [-0.1, -0.05) is 19.9 Å². The highest BCUT2D eigenvalue weighted by Gasteiger charge is 2.26. The normalized spacial score (nSPS) is 17.3. The van der Waals surface area contributed by atoms with Crippen LogP contribution < -0.4 is 5.32 Å². The molecule has 0 aromatic carbocycles. The number of pyridine rings is 1. The molecule has 5 heteroatoms. The summed E-state index contributed by atoms with van der Waals surface area (Å²) in [6, 6.07) is 5.89. The summed E-state index contributed by atoms with van der Waals surface area (Å²) in [5.41, 5.74) is 2.30. The van der Waals surface area contributed by atoms with Crippen LogP contribution in [-0.2, 0) is 11.2 Å². The highest BCUT2D eigenvalue weighted by molar-refractivity contribution is 5.76. The minimum Gasteiger partial charge on any atom is -0.349 e. The van der Waals surface area contributed by atoms with Crippen LogP contribution in [0, 0.1) is 5.92 Å². The van der Waals surface area contributed by atoms with Crippen LogP contribution in [0.2, 0.25) is 0 Å². The molecule has 0 saturated heterocycles. The van der Waals surface area contributed by atoms with Crippen molar-refractivity contribution in [3.05, 3.63) is 41.9 Å². The number of rotatable bonds is 4. The van der Waals surface area contributed by atoms with Crippen LogP contribution in [0.3, 0.4) is 0 Å². The van der Waals surface area contributed by atoms with Gasteiger partial charge in [-0.2, -0.15) is 5.10 Å². The molecule has 2 aromatic heterocycles. The highest BCUT2D eigenvalue weighted by Crippen LogP contribution is 2.30. The predicted molar refractivity (Wildman–Crippen MR) is 84.6 cm³/mol. The maximum atomic E-state index is 12.1. The zero-order chi connectivity index (χ0) is 15.5. The molecule has 0 spiro atoms. The van der Waals surface area contributed by atoms with Crippen molar-refractivity contribution in [2.75, 3.05) is 0 Å². The van der Waals surface area contributed by atoms with Crippen LogP contribution in [0.1, 0.15) is 50.4 Å². The lowest BCUT2D eigenvalue weighted by Crippen LogP contribution is -2.31. The molecule has 116 valence electrons. The van der Waals surface area contributed by atoms with E-state index in [9.17, 15) is 4.79 Å². The van der Waals surface area contributed by atoms with Crippen molar-refractivity contribution in [1.29, 1.82) is 0 Å². The van der Waals surface area contributed by atoms with Gasteiger partial charge in [0.1, 0.15) is 0 Å². The van der Waals surface area contributed by atoms with Gasteiger partial charge in [-0.25, -0.2) is 9.67 Å². The van der Waals surface area contributed by atoms with Gasteiger partial charge >= 0.3 is 0 Å². The molecule has 0 radical (unpaired) electrons. The molecular weight excluding hydrogens is 276 g/mol. The number of hydrogen-bond donors (Lipinski definition) is 1. The third kappa shape index (κ3) is 3.03. The van der Waals surface area contributed by atoms with Gasteiger partial charge < -0.3 is 5.32 Å². The van der Waals surface area contributed by atoms with Crippen molar-refractivity contribution in [3.63, 3.8) is 0 Å². The van der Waals surface area contributed by atoms with Gasteiger partial charge in [0.05, 0.1) is 17.9 Å². The van der Waals surface area contributed by atoms with Crippen LogP contribution >= 0.6 is 0 Å². The first kappa shape index (κ1) is 14.8. The van der Waals surface area contributed by atoms with Crippen molar-refractivity contribution >= 4 is 5.91 Å². The summed E-state index contributed by atoms with van der Waals surface area (Å²) in [6.45, 7) is 4.12. The number of carbonyl (C=O) groups excluding carboxylic acids is 1. The van der Waals surface area contributed by atoms with Gasteiger partial charge in [0.2, 0.25) is 5.91 Å². The molecule has 0 unspecified atom stereocenters. The van der Waals surface area contributed by atoms with Gasteiger partial charge in [-0.3, -0.25) is 4.79 Å². The standard InChI is InChI=1S/C17H22N4O/c1-12(2)10-17(22)20-14-6-5-7-15-13(14)11-19-21(15)16-8-3-4-9-18-16/h3-4,8-9,11-12,14H,5-7,10H2,1-2H3,(H,20,22)/t14-/m1/s1. The first-order valence-corrected chi connectivity index (χ1v) is 7.92. The number of amides is 1. The second kappa shape index (κ2) is 6.30. The fraction of sp³-hybridized carbons (Fsp3) is 0.471. The Kier molecular flexibility index (Phi) is 4.22. The Hall–Kier alpha value is -2.17. The fourth-order valence-corrected chi connectivity index (χ4v) is 3.01. The van der Waals surface area contributed by atoms with E-state index in [0.29, 0.717) is 12.3 Å². The molecule has 0 bridgehead atoms. The smallest absolute Gasteiger partial charge is 0.220 e. The average Bonchev–Trinajstić information content (AvgIpc) is 2.92. The minimum absolute atomic E-state index is 0.0764. The summed E-state index contributed by atoms with van der Waals surface area (Å²) in [5.74, 6) is 1.33. The molecular formula is C17H22N4O. The van der Waals surface area contributed by atoms with Crippen molar-refractivity contribution in [1.82, 2.24) is 20.1 Å². The third-order valence-electron chi connectivity index (χ3n) is 3.98. The zero-order valence-electron chi connectivity index (χ0n) is 13.1. The molecule has 2 heterocycles. The van der Waals surface area contributed by atoms with E-state index in [0.717, 1.165) is 30.6 Å². The van der Waals surface area contributed by atoms with Crippen LogP contribution in [-0.4, -0.2) is 20.7 Å². The van der Waals surface area contributed by atoms with E-state index >= 15 is 0 Å². The molecule has 1 aliphatic carbocycles. The number of carbonyl (C=O) groups is 1. The second-order valence-corrected chi connectivity index (χ2v) is 6.26. The summed E-state index contributed by atoms with van der Waals surface area (Å²) >= 11 is 0. The van der Waals surface area contributed by atoms with E-state index in [2.05, 4.69) is 29.2 Å². The highest BCUT2D eigenvalue weighted by atomic mass is 16.1. The van der Waals surface area contributed by atoms with Gasteiger partial charge in [0.15, 0.2) is 5.82 Å². The zero-order valence-corrected chi connectivity index (χ0v) is 13.1. The van der Waals surface area contributed by atoms with Crippen molar-refractivity contribution in [2.24, 2.45) is 5.92 Å². The Labute approximate surface area is 130 Å². The lowest BCUT2D eigenvalue weighted by Gasteiger charge is -2.24. The molecule has 1 aliphatic rings. The summed E-state index contributed by atoms with van der Waals surface area (Å²) < 4.78 is 1.90. The number of aromatic nitrogens is 3. The van der Waals surface area contributed by atoms with Gasteiger partial charge in [-0.05, 0) is 37.3 Å². The summed E-state index contributed by atoms with van der Waals surface area (Å²) in [5, 5.41) is 7.65. The maximum Gasteiger partial charge on any atom is 0.220 e. The monoisotopic (exact) mass is 298 g/mol. The lowest BCUT2D eigenvalue weighted by atomic mass is 9.92. The number of nitrogens with one attached hydrogen (secondary N) is 1. The lowest BCUT2D eigenvalue weighted by molar-refractivity contribution is -0.122. The molecule has 0 aliphatic heterocycles. The second-order valence-electron chi connectivity index (χ2n) is 6.26. The Bertz CT molecular complexity index is 648. The van der Waals surface area contributed by atoms with Gasteiger partial charge in [0.25, 0.3) is 0 Å². The largest absolute Gasteiger partial charge is 0.349 e. The van der Waals surface area contributed by atoms with E-state index in [-0.39, 0.29) is 11.9 Å². The molecule has 1 amide bonds. The van der Waals surface area contributed by atoms with E-state index < -0.39 is 0 Å². The number of fused-ring (bicyclic) bond motifs is 1. The topological polar surface area (TPSA) is 59.8 Å². The molecule has 2 aromatic rings. The van der Waals surface area contributed by atoms with E-state index in [1.54, 1.807) is 6.20 Å². The molecule has 0 saturated carbocycles. The number of nitrogens with zero attached hydrogens (tertiary/aromatic N) is 3. The van der Waals surface area contributed by atoms with Crippen LogP contribution in [0.25, 0.3) is 5.82 Å². The van der Waals surface area contributed by atoms with Crippen LogP contribution in [0.4, 0.5) is 0 Å².